The Kier molecular flexibility index (Phi) is 2.59. The minimum atomic E-state index is -0.360. The number of oxazole rings is 1. The van der Waals surface area contributed by atoms with E-state index in [1.165, 1.54) is 18.5 Å². The lowest BCUT2D eigenvalue weighted by molar-refractivity contribution is 0.0996. The minimum Gasteiger partial charge on any atom is -0.508 e. The number of aromatic hydroxyl groups is 1. The molecule has 0 unspecified atom stereocenters. The number of aromatic nitrogens is 1. The number of hydrogen-bond donors (Lipinski definition) is 2. The molecule has 0 saturated carbocycles. The van der Waals surface area contributed by atoms with Crippen molar-refractivity contribution in [2.24, 2.45) is 0 Å². The third kappa shape index (κ3) is 2.03. The highest BCUT2D eigenvalue weighted by molar-refractivity contribution is 6.02. The summed E-state index contributed by atoms with van der Waals surface area (Å²) in [5.41, 5.74) is 1.12. The van der Waals surface area contributed by atoms with Crippen molar-refractivity contribution in [2.45, 2.75) is 6.92 Å². The number of nitrogens with one attached hydrogen (secondary N) is 1. The number of amides is 1. The molecule has 0 aliphatic rings. The van der Waals surface area contributed by atoms with E-state index in [-0.39, 0.29) is 17.4 Å². The van der Waals surface area contributed by atoms with Gasteiger partial charge in [0.1, 0.15) is 5.75 Å². The summed E-state index contributed by atoms with van der Waals surface area (Å²) in [6.45, 7) is 1.69. The van der Waals surface area contributed by atoms with E-state index in [0.717, 1.165) is 0 Å². The van der Waals surface area contributed by atoms with Gasteiger partial charge in [-0.2, -0.15) is 0 Å². The number of carbonyl (C=O) groups excluding carboxylic acids is 1. The molecule has 16 heavy (non-hydrogen) atoms. The number of rotatable bonds is 2. The fourth-order valence-corrected chi connectivity index (χ4v) is 1.25. The van der Waals surface area contributed by atoms with Crippen molar-refractivity contribution in [3.8, 4) is 5.75 Å². The molecular weight excluding hydrogens is 208 g/mol. The number of phenolic OH excluding ortho intramolecular Hbond substituents is 1. The van der Waals surface area contributed by atoms with E-state index >= 15 is 0 Å². The van der Waals surface area contributed by atoms with E-state index in [1.807, 2.05) is 0 Å². The monoisotopic (exact) mass is 218 g/mol. The van der Waals surface area contributed by atoms with Crippen LogP contribution in [0.5, 0.6) is 5.75 Å². The normalized spacial score (nSPS) is 10.1. The molecule has 0 aliphatic carbocycles. The van der Waals surface area contributed by atoms with Crippen LogP contribution in [-0.2, 0) is 0 Å². The maximum absolute atomic E-state index is 11.7. The summed E-state index contributed by atoms with van der Waals surface area (Å²) in [6, 6.07) is 6.17. The Labute approximate surface area is 91.7 Å². The molecule has 5 nitrogen and oxygen atoms in total. The van der Waals surface area contributed by atoms with E-state index in [9.17, 15) is 4.79 Å². The number of carbonyl (C=O) groups is 1. The van der Waals surface area contributed by atoms with Crippen LogP contribution in [0.2, 0.25) is 0 Å². The lowest BCUT2D eigenvalue weighted by Gasteiger charge is -2.02. The topological polar surface area (TPSA) is 75.4 Å². The second kappa shape index (κ2) is 4.06. The largest absolute Gasteiger partial charge is 0.508 e. The van der Waals surface area contributed by atoms with Crippen molar-refractivity contribution in [1.29, 1.82) is 0 Å². The third-order valence-electron chi connectivity index (χ3n) is 2.08. The van der Waals surface area contributed by atoms with Crippen LogP contribution in [0.1, 0.15) is 16.2 Å². The molecule has 0 bridgehead atoms. The number of hydrogen-bond acceptors (Lipinski definition) is 4. The molecule has 0 radical (unpaired) electrons. The van der Waals surface area contributed by atoms with Crippen LogP contribution in [0.4, 0.5) is 5.69 Å². The summed E-state index contributed by atoms with van der Waals surface area (Å²) >= 11 is 0. The number of aryl methyl sites for hydroxylation is 1. The molecule has 0 atom stereocenters. The predicted octanol–water partition coefficient (Wildman–Crippen LogP) is 1.94. The average Bonchev–Trinajstić information content (AvgIpc) is 2.68. The Bertz CT molecular complexity index is 502. The second-order valence-electron chi connectivity index (χ2n) is 3.27. The molecule has 2 N–H and O–H groups in total. The Hall–Kier alpha value is -2.30. The standard InChI is InChI=1S/C11H10N2O3/c1-7-10(16-6-12-7)11(15)13-8-2-4-9(14)5-3-8/h2-6,14H,1H3,(H,13,15). The van der Waals surface area contributed by atoms with Crippen LogP contribution in [0, 0.1) is 6.92 Å². The van der Waals surface area contributed by atoms with Gasteiger partial charge < -0.3 is 14.8 Å². The van der Waals surface area contributed by atoms with Gasteiger partial charge in [0.15, 0.2) is 6.39 Å². The summed E-state index contributed by atoms with van der Waals surface area (Å²) in [5, 5.41) is 11.7. The highest BCUT2D eigenvalue weighted by Crippen LogP contribution is 2.15. The van der Waals surface area contributed by atoms with Crippen LogP contribution in [-0.4, -0.2) is 16.0 Å². The van der Waals surface area contributed by atoms with Gasteiger partial charge in [-0.25, -0.2) is 4.98 Å². The highest BCUT2D eigenvalue weighted by atomic mass is 16.3. The van der Waals surface area contributed by atoms with Gasteiger partial charge in [-0.1, -0.05) is 0 Å². The van der Waals surface area contributed by atoms with Crippen molar-refractivity contribution >= 4 is 11.6 Å². The molecule has 0 saturated heterocycles. The SMILES string of the molecule is Cc1ncoc1C(=O)Nc1ccc(O)cc1. The zero-order valence-corrected chi connectivity index (χ0v) is 8.60. The van der Waals surface area contributed by atoms with Crippen LogP contribution in [0.25, 0.3) is 0 Å². The second-order valence-corrected chi connectivity index (χ2v) is 3.27. The fraction of sp³-hybridized carbons (Fsp3) is 0.0909. The smallest absolute Gasteiger partial charge is 0.293 e. The van der Waals surface area contributed by atoms with E-state index < -0.39 is 0 Å². The molecule has 82 valence electrons. The Morgan fingerprint density at radius 2 is 2.06 bits per heavy atom. The van der Waals surface area contributed by atoms with Gasteiger partial charge in [-0.3, -0.25) is 4.79 Å². The number of nitrogens with zero attached hydrogens (tertiary/aromatic N) is 1. The Morgan fingerprint density at radius 3 is 2.62 bits per heavy atom. The van der Waals surface area contributed by atoms with Crippen molar-refractivity contribution < 1.29 is 14.3 Å². The van der Waals surface area contributed by atoms with Gasteiger partial charge in [-0.15, -0.1) is 0 Å². The molecule has 1 heterocycles. The molecule has 0 fully saturated rings. The lowest BCUT2D eigenvalue weighted by Crippen LogP contribution is -2.12. The molecule has 2 rings (SSSR count). The molecule has 0 spiro atoms. The average molecular weight is 218 g/mol. The Morgan fingerprint density at radius 1 is 1.38 bits per heavy atom. The third-order valence-corrected chi connectivity index (χ3v) is 2.08. The van der Waals surface area contributed by atoms with E-state index in [1.54, 1.807) is 19.1 Å². The van der Waals surface area contributed by atoms with Crippen molar-refractivity contribution in [3.63, 3.8) is 0 Å². The lowest BCUT2D eigenvalue weighted by atomic mass is 10.3. The summed E-state index contributed by atoms with van der Waals surface area (Å²) < 4.78 is 4.95. The molecule has 0 aliphatic heterocycles. The zero-order valence-electron chi connectivity index (χ0n) is 8.60. The molecule has 1 aromatic heterocycles. The Balaban J connectivity index is 2.14. The maximum atomic E-state index is 11.7. The van der Waals surface area contributed by atoms with Gasteiger partial charge in [0.25, 0.3) is 5.91 Å². The minimum absolute atomic E-state index is 0.147. The molecule has 5 heteroatoms. The van der Waals surface area contributed by atoms with Crippen LogP contribution in [0.3, 0.4) is 0 Å². The van der Waals surface area contributed by atoms with Gasteiger partial charge in [0.05, 0.1) is 5.69 Å². The highest BCUT2D eigenvalue weighted by Gasteiger charge is 2.13. The summed E-state index contributed by atoms with van der Waals surface area (Å²) in [5.74, 6) is -0.0254. The van der Waals surface area contributed by atoms with Gasteiger partial charge >= 0.3 is 0 Å². The fourth-order valence-electron chi connectivity index (χ4n) is 1.25. The molecule has 1 amide bonds. The zero-order chi connectivity index (χ0) is 11.5. The first kappa shape index (κ1) is 10.2. The first-order valence-electron chi connectivity index (χ1n) is 4.67. The summed E-state index contributed by atoms with van der Waals surface area (Å²) in [6.07, 6.45) is 1.22. The molecule has 1 aromatic carbocycles. The van der Waals surface area contributed by atoms with Crippen molar-refractivity contribution in [1.82, 2.24) is 4.98 Å². The first-order chi connectivity index (χ1) is 7.66. The van der Waals surface area contributed by atoms with Crippen molar-refractivity contribution in [3.05, 3.63) is 42.1 Å². The van der Waals surface area contributed by atoms with Crippen molar-refractivity contribution in [2.75, 3.05) is 5.32 Å². The molecule has 2 aromatic rings. The number of benzene rings is 1. The van der Waals surface area contributed by atoms with Gasteiger partial charge in [-0.05, 0) is 31.2 Å². The number of phenols is 1. The van der Waals surface area contributed by atoms with Gasteiger partial charge in [0, 0.05) is 5.69 Å². The van der Waals surface area contributed by atoms with Crippen LogP contribution in [0.15, 0.2) is 35.1 Å². The quantitative estimate of drug-likeness (QED) is 0.755. The van der Waals surface area contributed by atoms with E-state index in [2.05, 4.69) is 10.3 Å². The number of anilines is 1. The first-order valence-corrected chi connectivity index (χ1v) is 4.67. The summed E-state index contributed by atoms with van der Waals surface area (Å²) in [4.78, 5) is 15.5. The van der Waals surface area contributed by atoms with E-state index in [0.29, 0.717) is 11.4 Å². The van der Waals surface area contributed by atoms with Crippen LogP contribution < -0.4 is 5.32 Å². The summed E-state index contributed by atoms with van der Waals surface area (Å²) in [7, 11) is 0. The van der Waals surface area contributed by atoms with E-state index in [4.69, 9.17) is 9.52 Å². The molecular formula is C11H10N2O3. The van der Waals surface area contributed by atoms with Gasteiger partial charge in [0.2, 0.25) is 5.76 Å². The predicted molar refractivity (Wildman–Crippen MR) is 57.3 cm³/mol. The maximum Gasteiger partial charge on any atom is 0.293 e. The van der Waals surface area contributed by atoms with Crippen LogP contribution >= 0.6 is 0 Å².